The average Bonchev–Trinajstić information content (AvgIpc) is 2.41. The highest BCUT2D eigenvalue weighted by atomic mass is 35.5. The molecule has 2 rings (SSSR count). The molecule has 0 unspecified atom stereocenters. The zero-order valence-electron chi connectivity index (χ0n) is 10.3. The van der Waals surface area contributed by atoms with E-state index in [1.807, 2.05) is 25.7 Å². The SMILES string of the molecule is CNCC1(Cc2c(Cl)c(C)nn2C)CCC1. The fraction of sp³-hybridized carbons (Fsp3) is 0.750. The van der Waals surface area contributed by atoms with Crippen LogP contribution in [0, 0.1) is 12.3 Å². The lowest BCUT2D eigenvalue weighted by Gasteiger charge is -2.42. The third-order valence-corrected chi connectivity index (χ3v) is 4.26. The molecule has 1 fully saturated rings. The summed E-state index contributed by atoms with van der Waals surface area (Å²) < 4.78 is 1.94. The predicted octanol–water partition coefficient (Wildman–Crippen LogP) is 2.31. The summed E-state index contributed by atoms with van der Waals surface area (Å²) in [6, 6.07) is 0. The summed E-state index contributed by atoms with van der Waals surface area (Å²) in [5.74, 6) is 0. The second-order valence-corrected chi connectivity index (χ2v) is 5.41. The lowest BCUT2D eigenvalue weighted by Crippen LogP contribution is -2.41. The lowest BCUT2D eigenvalue weighted by atomic mass is 9.66. The summed E-state index contributed by atoms with van der Waals surface area (Å²) in [5, 5.41) is 8.53. The highest BCUT2D eigenvalue weighted by Crippen LogP contribution is 2.44. The smallest absolute Gasteiger partial charge is 0.0847 e. The summed E-state index contributed by atoms with van der Waals surface area (Å²) in [6.07, 6.45) is 4.99. The molecule has 0 radical (unpaired) electrons. The van der Waals surface area contributed by atoms with Crippen LogP contribution in [0.2, 0.25) is 5.02 Å². The standard InChI is InChI=1S/C12H20ClN3/c1-9-11(13)10(16(3)15-9)7-12(8-14-2)5-4-6-12/h14H,4-8H2,1-3H3. The van der Waals surface area contributed by atoms with Gasteiger partial charge in [0.2, 0.25) is 0 Å². The molecule has 16 heavy (non-hydrogen) atoms. The van der Waals surface area contributed by atoms with Crippen LogP contribution in [-0.4, -0.2) is 23.4 Å². The van der Waals surface area contributed by atoms with E-state index in [4.69, 9.17) is 11.6 Å². The van der Waals surface area contributed by atoms with Crippen molar-refractivity contribution < 1.29 is 0 Å². The van der Waals surface area contributed by atoms with Gasteiger partial charge in [-0.05, 0) is 38.6 Å². The minimum absolute atomic E-state index is 0.415. The van der Waals surface area contributed by atoms with Crippen molar-refractivity contribution in [3.63, 3.8) is 0 Å². The Morgan fingerprint density at radius 1 is 1.50 bits per heavy atom. The van der Waals surface area contributed by atoms with Gasteiger partial charge in [0.25, 0.3) is 0 Å². The van der Waals surface area contributed by atoms with E-state index >= 15 is 0 Å². The van der Waals surface area contributed by atoms with E-state index in [2.05, 4.69) is 10.4 Å². The van der Waals surface area contributed by atoms with Gasteiger partial charge in [-0.2, -0.15) is 5.10 Å². The van der Waals surface area contributed by atoms with Crippen molar-refractivity contribution >= 4 is 11.6 Å². The maximum atomic E-state index is 6.30. The van der Waals surface area contributed by atoms with E-state index < -0.39 is 0 Å². The monoisotopic (exact) mass is 241 g/mol. The molecule has 0 bridgehead atoms. The number of nitrogens with one attached hydrogen (secondary N) is 1. The van der Waals surface area contributed by atoms with Crippen molar-refractivity contribution in [1.82, 2.24) is 15.1 Å². The predicted molar refractivity (Wildman–Crippen MR) is 66.9 cm³/mol. The van der Waals surface area contributed by atoms with Gasteiger partial charge in [-0.25, -0.2) is 0 Å². The number of rotatable bonds is 4. The zero-order chi connectivity index (χ0) is 11.8. The van der Waals surface area contributed by atoms with Gasteiger partial charge >= 0.3 is 0 Å². The van der Waals surface area contributed by atoms with Crippen LogP contribution in [0.25, 0.3) is 0 Å². The van der Waals surface area contributed by atoms with Crippen LogP contribution in [0.3, 0.4) is 0 Å². The molecule has 0 aliphatic heterocycles. The first-order valence-electron chi connectivity index (χ1n) is 5.90. The Kier molecular flexibility index (Phi) is 3.27. The molecule has 0 atom stereocenters. The van der Waals surface area contributed by atoms with E-state index in [0.29, 0.717) is 5.41 Å². The molecule has 0 saturated heterocycles. The first kappa shape index (κ1) is 11.9. The van der Waals surface area contributed by atoms with Crippen molar-refractivity contribution in [2.75, 3.05) is 13.6 Å². The molecule has 0 amide bonds. The topological polar surface area (TPSA) is 29.9 Å². The summed E-state index contributed by atoms with van der Waals surface area (Å²) in [7, 11) is 4.01. The summed E-state index contributed by atoms with van der Waals surface area (Å²) >= 11 is 6.30. The molecule has 3 nitrogen and oxygen atoms in total. The Hall–Kier alpha value is -0.540. The van der Waals surface area contributed by atoms with E-state index in [0.717, 1.165) is 23.7 Å². The van der Waals surface area contributed by atoms with Crippen LogP contribution in [0.15, 0.2) is 0 Å². The van der Waals surface area contributed by atoms with Crippen LogP contribution in [0.5, 0.6) is 0 Å². The molecule has 1 aliphatic rings. The fourth-order valence-electron chi connectivity index (χ4n) is 2.70. The fourth-order valence-corrected chi connectivity index (χ4v) is 2.92. The Labute approximate surface area is 102 Å². The van der Waals surface area contributed by atoms with E-state index in [9.17, 15) is 0 Å². The summed E-state index contributed by atoms with van der Waals surface area (Å²) in [6.45, 7) is 3.05. The molecular formula is C12H20ClN3. The first-order valence-corrected chi connectivity index (χ1v) is 6.28. The van der Waals surface area contributed by atoms with Crippen LogP contribution < -0.4 is 5.32 Å². The third kappa shape index (κ3) is 1.98. The van der Waals surface area contributed by atoms with Gasteiger partial charge in [-0.3, -0.25) is 4.68 Å². The first-order chi connectivity index (χ1) is 7.58. The van der Waals surface area contributed by atoms with Crippen LogP contribution in [0.1, 0.15) is 30.7 Å². The Balaban J connectivity index is 2.19. The third-order valence-electron chi connectivity index (χ3n) is 3.77. The number of halogens is 1. The molecule has 1 heterocycles. The van der Waals surface area contributed by atoms with Crippen molar-refractivity contribution in [3.8, 4) is 0 Å². The Bertz CT molecular complexity index is 380. The van der Waals surface area contributed by atoms with Gasteiger partial charge in [0.1, 0.15) is 0 Å². The second-order valence-electron chi connectivity index (χ2n) is 5.03. The quantitative estimate of drug-likeness (QED) is 0.877. The van der Waals surface area contributed by atoms with Gasteiger partial charge in [0.15, 0.2) is 0 Å². The van der Waals surface area contributed by atoms with Crippen molar-refractivity contribution in [1.29, 1.82) is 0 Å². The van der Waals surface area contributed by atoms with Crippen molar-refractivity contribution in [2.24, 2.45) is 12.5 Å². The van der Waals surface area contributed by atoms with Crippen molar-refractivity contribution in [3.05, 3.63) is 16.4 Å². The van der Waals surface area contributed by atoms with Gasteiger partial charge < -0.3 is 5.32 Å². The van der Waals surface area contributed by atoms with Gasteiger partial charge in [0, 0.05) is 13.6 Å². The maximum Gasteiger partial charge on any atom is 0.0847 e. The molecule has 1 N–H and O–H groups in total. The van der Waals surface area contributed by atoms with Gasteiger partial charge in [0.05, 0.1) is 16.4 Å². The summed E-state index contributed by atoms with van der Waals surface area (Å²) in [4.78, 5) is 0. The van der Waals surface area contributed by atoms with E-state index in [1.165, 1.54) is 25.0 Å². The van der Waals surface area contributed by atoms with Crippen molar-refractivity contribution in [2.45, 2.75) is 32.6 Å². The second kappa shape index (κ2) is 4.38. The Morgan fingerprint density at radius 2 is 2.19 bits per heavy atom. The van der Waals surface area contributed by atoms with Gasteiger partial charge in [-0.15, -0.1) is 0 Å². The van der Waals surface area contributed by atoms with Crippen LogP contribution >= 0.6 is 11.6 Å². The van der Waals surface area contributed by atoms with Crippen LogP contribution in [-0.2, 0) is 13.5 Å². The van der Waals surface area contributed by atoms with Gasteiger partial charge in [-0.1, -0.05) is 18.0 Å². The highest BCUT2D eigenvalue weighted by molar-refractivity contribution is 6.31. The molecule has 1 aromatic rings. The average molecular weight is 242 g/mol. The minimum Gasteiger partial charge on any atom is -0.319 e. The molecule has 1 aliphatic carbocycles. The lowest BCUT2D eigenvalue weighted by molar-refractivity contribution is 0.130. The Morgan fingerprint density at radius 3 is 2.56 bits per heavy atom. The minimum atomic E-state index is 0.415. The molecular weight excluding hydrogens is 222 g/mol. The normalized spacial score (nSPS) is 18.5. The zero-order valence-corrected chi connectivity index (χ0v) is 11.1. The molecule has 0 aromatic carbocycles. The van der Waals surface area contributed by atoms with E-state index in [-0.39, 0.29) is 0 Å². The number of hydrogen-bond acceptors (Lipinski definition) is 2. The van der Waals surface area contributed by atoms with E-state index in [1.54, 1.807) is 0 Å². The number of aromatic nitrogens is 2. The highest BCUT2D eigenvalue weighted by Gasteiger charge is 2.37. The molecule has 4 heteroatoms. The molecule has 1 aromatic heterocycles. The molecule has 1 saturated carbocycles. The number of aryl methyl sites for hydroxylation is 2. The maximum absolute atomic E-state index is 6.30. The van der Waals surface area contributed by atoms with Crippen LogP contribution in [0.4, 0.5) is 0 Å². The number of nitrogens with zero attached hydrogens (tertiary/aromatic N) is 2. The molecule has 90 valence electrons. The summed E-state index contributed by atoms with van der Waals surface area (Å²) in [5.41, 5.74) is 2.55. The largest absolute Gasteiger partial charge is 0.319 e. The molecule has 0 spiro atoms. The number of hydrogen-bond donors (Lipinski definition) is 1.